The molecule has 0 saturated heterocycles. The van der Waals surface area contributed by atoms with E-state index >= 15 is 0 Å². The third-order valence-electron chi connectivity index (χ3n) is 0.776. The van der Waals surface area contributed by atoms with Gasteiger partial charge in [-0.3, -0.25) is 0 Å². The fourth-order valence-electron chi connectivity index (χ4n) is 0.362. The van der Waals surface area contributed by atoms with Gasteiger partial charge in [0.1, 0.15) is 0 Å². The minimum Gasteiger partial charge on any atom is -0.140 e. The Labute approximate surface area is 85.1 Å². The molecule has 0 amide bonds. The molecule has 9 heavy (non-hydrogen) atoms. The van der Waals surface area contributed by atoms with Gasteiger partial charge in [0.25, 0.3) is 0 Å². The molecule has 0 aliphatic carbocycles. The molecule has 0 aromatic carbocycles. The van der Waals surface area contributed by atoms with Crippen LogP contribution in [0.1, 0.15) is 0 Å². The van der Waals surface area contributed by atoms with Crippen molar-refractivity contribution in [2.45, 2.75) is 9.79 Å². The van der Waals surface area contributed by atoms with Gasteiger partial charge in [-0.15, -0.1) is 36.6 Å². The van der Waals surface area contributed by atoms with Crippen LogP contribution in [-0.4, -0.2) is 0 Å². The van der Waals surface area contributed by atoms with Crippen LogP contribution in [0, 0.1) is 0 Å². The Morgan fingerprint density at radius 3 is 1.44 bits per heavy atom. The van der Waals surface area contributed by atoms with E-state index in [1.165, 1.54) is 0 Å². The Bertz CT molecular complexity index is 207. The predicted molar refractivity (Wildman–Crippen MR) is 54.2 cm³/mol. The van der Waals surface area contributed by atoms with Crippen LogP contribution in [-0.2, 0) is 0 Å². The highest BCUT2D eigenvalue weighted by atomic mass is 79.9. The van der Waals surface area contributed by atoms with Gasteiger partial charge in [-0.05, 0) is 31.9 Å². The van der Waals surface area contributed by atoms with Gasteiger partial charge in [-0.2, -0.15) is 0 Å². The summed E-state index contributed by atoms with van der Waals surface area (Å²) in [6.45, 7) is 0. The van der Waals surface area contributed by atoms with Gasteiger partial charge >= 0.3 is 0 Å². The Hall–Kier alpha value is 1.36. The monoisotopic (exact) mass is 304 g/mol. The summed E-state index contributed by atoms with van der Waals surface area (Å²) in [6.07, 6.45) is 0. The Morgan fingerprint density at radius 1 is 1.00 bits per heavy atom. The molecule has 1 aromatic rings. The van der Waals surface area contributed by atoms with Gasteiger partial charge in [0.2, 0.25) is 0 Å². The van der Waals surface area contributed by atoms with Crippen molar-refractivity contribution >= 4 is 68.5 Å². The van der Waals surface area contributed by atoms with Crippen molar-refractivity contribution in [2.24, 2.45) is 0 Å². The minimum atomic E-state index is 0.898. The van der Waals surface area contributed by atoms with Crippen LogP contribution in [0.15, 0.2) is 17.4 Å². The second-order valence-electron chi connectivity index (χ2n) is 1.35. The molecule has 0 aliphatic rings. The number of hydrogen-bond acceptors (Lipinski definition) is 3. The fraction of sp³-hybridized carbons (Fsp3) is 0. The molecule has 0 atom stereocenters. The molecule has 0 nitrogen and oxygen atoms in total. The van der Waals surface area contributed by atoms with Crippen LogP contribution in [0.5, 0.6) is 0 Å². The number of rotatable bonds is 0. The summed E-state index contributed by atoms with van der Waals surface area (Å²) in [5.74, 6) is 0. The highest BCUT2D eigenvalue weighted by Crippen LogP contribution is 2.41. The Kier molecular flexibility index (Phi) is 2.98. The lowest BCUT2D eigenvalue weighted by atomic mass is 10.7. The Balaban J connectivity index is 3.29. The van der Waals surface area contributed by atoms with Gasteiger partial charge in [-0.25, -0.2) is 0 Å². The van der Waals surface area contributed by atoms with E-state index < -0.39 is 0 Å². The molecule has 0 spiro atoms. The summed E-state index contributed by atoms with van der Waals surface area (Å²) < 4.78 is 2.03. The maximum absolute atomic E-state index is 4.19. The quantitative estimate of drug-likeness (QED) is 0.668. The topological polar surface area (TPSA) is 0 Å². The lowest BCUT2D eigenvalue weighted by Gasteiger charge is -1.84. The summed E-state index contributed by atoms with van der Waals surface area (Å²) in [5, 5.41) is 0. The van der Waals surface area contributed by atoms with E-state index in [0.29, 0.717) is 0 Å². The molecule has 1 rings (SSSR count). The molecule has 0 unspecified atom stereocenters. The zero-order valence-electron chi connectivity index (χ0n) is 4.06. The van der Waals surface area contributed by atoms with Crippen LogP contribution in [0.4, 0.5) is 0 Å². The first kappa shape index (κ1) is 8.46. The molecule has 0 fully saturated rings. The van der Waals surface area contributed by atoms with Gasteiger partial charge in [-0.1, -0.05) is 0 Å². The predicted octanol–water partition coefficient (Wildman–Crippen LogP) is 3.85. The molecule has 1 aromatic heterocycles. The third kappa shape index (κ3) is 1.68. The van der Waals surface area contributed by atoms with Crippen LogP contribution < -0.4 is 0 Å². The SMILES string of the molecule is Sc1c(Br)sc(Br)c1S. The first-order valence-corrected chi connectivity index (χ1v) is 5.28. The summed E-state index contributed by atoms with van der Waals surface area (Å²) >= 11 is 16.6. The molecular formula is C4H2Br2S3. The second-order valence-corrected chi connectivity index (χ2v) is 5.90. The molecule has 0 N–H and O–H groups in total. The molecular weight excluding hydrogens is 304 g/mol. The molecule has 0 radical (unpaired) electrons. The second kappa shape index (κ2) is 3.17. The van der Waals surface area contributed by atoms with Crippen LogP contribution >= 0.6 is 68.5 Å². The van der Waals surface area contributed by atoms with Gasteiger partial charge in [0.15, 0.2) is 0 Å². The number of thiophene rings is 1. The average Bonchev–Trinajstić information content (AvgIpc) is 1.98. The molecule has 50 valence electrons. The number of hydrogen-bond donors (Lipinski definition) is 2. The molecule has 0 aliphatic heterocycles. The lowest BCUT2D eigenvalue weighted by Crippen LogP contribution is -1.57. The molecule has 0 saturated carbocycles. The summed E-state index contributed by atoms with van der Waals surface area (Å²) in [7, 11) is 0. The van der Waals surface area contributed by atoms with Crippen molar-refractivity contribution in [1.82, 2.24) is 0 Å². The van der Waals surface area contributed by atoms with Crippen LogP contribution in [0.3, 0.4) is 0 Å². The maximum Gasteiger partial charge on any atom is 0.0855 e. The van der Waals surface area contributed by atoms with Crippen molar-refractivity contribution in [3.8, 4) is 0 Å². The summed E-state index contributed by atoms with van der Waals surface area (Å²) in [4.78, 5) is 1.80. The molecule has 1 heterocycles. The normalized spacial score (nSPS) is 10.2. The van der Waals surface area contributed by atoms with Gasteiger partial charge in [0, 0.05) is 9.79 Å². The molecule has 5 heteroatoms. The summed E-state index contributed by atoms with van der Waals surface area (Å²) in [5.41, 5.74) is 0. The van der Waals surface area contributed by atoms with Crippen LogP contribution in [0.2, 0.25) is 0 Å². The van der Waals surface area contributed by atoms with E-state index in [-0.39, 0.29) is 0 Å². The summed E-state index contributed by atoms with van der Waals surface area (Å²) in [6, 6.07) is 0. The van der Waals surface area contributed by atoms with E-state index in [4.69, 9.17) is 0 Å². The van der Waals surface area contributed by atoms with Crippen molar-refractivity contribution in [3.05, 3.63) is 7.57 Å². The maximum atomic E-state index is 4.19. The van der Waals surface area contributed by atoms with E-state index in [1.54, 1.807) is 11.3 Å². The van der Waals surface area contributed by atoms with E-state index in [1.807, 2.05) is 0 Å². The standard InChI is InChI=1S/C4H2Br2S3/c5-3-1(7)2(8)4(6)9-3/h7-8H. The van der Waals surface area contributed by atoms with Gasteiger partial charge < -0.3 is 0 Å². The minimum absolute atomic E-state index is 0.898. The first-order valence-electron chi connectivity index (χ1n) is 1.98. The van der Waals surface area contributed by atoms with E-state index in [2.05, 4.69) is 57.1 Å². The highest BCUT2D eigenvalue weighted by Gasteiger charge is 2.07. The molecule has 0 bridgehead atoms. The lowest BCUT2D eigenvalue weighted by molar-refractivity contribution is 1.31. The van der Waals surface area contributed by atoms with Crippen LogP contribution in [0.25, 0.3) is 0 Å². The number of thiol groups is 2. The van der Waals surface area contributed by atoms with Crippen molar-refractivity contribution in [1.29, 1.82) is 0 Å². The first-order chi connectivity index (χ1) is 4.13. The highest BCUT2D eigenvalue weighted by molar-refractivity contribution is 9.12. The average molecular weight is 306 g/mol. The van der Waals surface area contributed by atoms with E-state index in [9.17, 15) is 0 Å². The van der Waals surface area contributed by atoms with Crippen molar-refractivity contribution < 1.29 is 0 Å². The van der Waals surface area contributed by atoms with Crippen molar-refractivity contribution in [3.63, 3.8) is 0 Å². The Morgan fingerprint density at radius 2 is 1.33 bits per heavy atom. The smallest absolute Gasteiger partial charge is 0.0855 e. The van der Waals surface area contributed by atoms with Crippen molar-refractivity contribution in [2.75, 3.05) is 0 Å². The number of halogens is 2. The largest absolute Gasteiger partial charge is 0.140 e. The fourth-order valence-corrected chi connectivity index (χ4v) is 3.89. The van der Waals surface area contributed by atoms with Gasteiger partial charge in [0.05, 0.1) is 7.57 Å². The van der Waals surface area contributed by atoms with E-state index in [0.717, 1.165) is 17.4 Å². The third-order valence-corrected chi connectivity index (χ3v) is 5.29. The zero-order chi connectivity index (χ0) is 7.02. The zero-order valence-corrected chi connectivity index (χ0v) is 9.84.